The number of alkyl halides is 5. The minimum Gasteiger partial charge on any atom is -0.297 e. The molecule has 3 heterocycles. The molecule has 128 valence electrons. The van der Waals surface area contributed by atoms with Crippen LogP contribution in [0.3, 0.4) is 0 Å². The van der Waals surface area contributed by atoms with Crippen molar-refractivity contribution in [1.82, 2.24) is 24.6 Å². The minimum atomic E-state index is -5.58. The first-order chi connectivity index (χ1) is 11.2. The van der Waals surface area contributed by atoms with Gasteiger partial charge in [-0.25, -0.2) is 9.97 Å². The Morgan fingerprint density at radius 2 is 1.88 bits per heavy atom. The molecule has 0 amide bonds. The Hall–Kier alpha value is -2.52. The summed E-state index contributed by atoms with van der Waals surface area (Å²) >= 11 is 0. The SMILES string of the molecule is Cc1nc(-c2nc(CCC(F)(F)C(F)(F)F)c3ccccn23)n[nH]1. The van der Waals surface area contributed by atoms with Crippen LogP contribution in [0.4, 0.5) is 22.0 Å². The van der Waals surface area contributed by atoms with Gasteiger partial charge in [0.15, 0.2) is 5.82 Å². The Morgan fingerprint density at radius 1 is 1.12 bits per heavy atom. The van der Waals surface area contributed by atoms with E-state index >= 15 is 0 Å². The highest BCUT2D eigenvalue weighted by molar-refractivity contribution is 5.61. The fourth-order valence-electron chi connectivity index (χ4n) is 2.30. The van der Waals surface area contributed by atoms with Gasteiger partial charge in [-0.05, 0) is 25.5 Å². The molecule has 5 nitrogen and oxygen atoms in total. The fraction of sp³-hybridized carbons (Fsp3) is 0.357. The molecule has 0 saturated carbocycles. The molecule has 0 saturated heterocycles. The maximum Gasteiger partial charge on any atom is 0.453 e. The van der Waals surface area contributed by atoms with Crippen LogP contribution in [0.25, 0.3) is 17.2 Å². The Morgan fingerprint density at radius 3 is 2.50 bits per heavy atom. The van der Waals surface area contributed by atoms with Crippen molar-refractivity contribution >= 4 is 5.52 Å². The molecule has 0 bridgehead atoms. The van der Waals surface area contributed by atoms with E-state index < -0.39 is 24.9 Å². The number of aromatic nitrogens is 5. The van der Waals surface area contributed by atoms with Gasteiger partial charge in [-0.2, -0.15) is 27.1 Å². The summed E-state index contributed by atoms with van der Waals surface area (Å²) in [5.41, 5.74) is 0.574. The van der Waals surface area contributed by atoms with E-state index in [9.17, 15) is 22.0 Å². The molecule has 24 heavy (non-hydrogen) atoms. The number of nitrogens with zero attached hydrogens (tertiary/aromatic N) is 4. The molecule has 0 aliphatic heterocycles. The summed E-state index contributed by atoms with van der Waals surface area (Å²) in [5.74, 6) is -3.72. The van der Waals surface area contributed by atoms with E-state index in [4.69, 9.17) is 0 Å². The third-order valence-electron chi connectivity index (χ3n) is 3.51. The summed E-state index contributed by atoms with van der Waals surface area (Å²) in [5, 5.41) is 6.58. The monoisotopic (exact) mass is 345 g/mol. The number of imidazole rings is 1. The number of aryl methyl sites for hydroxylation is 2. The second-order valence-corrected chi connectivity index (χ2v) is 5.28. The van der Waals surface area contributed by atoms with Gasteiger partial charge < -0.3 is 0 Å². The maximum atomic E-state index is 13.2. The van der Waals surface area contributed by atoms with Gasteiger partial charge in [-0.15, -0.1) is 0 Å². The van der Waals surface area contributed by atoms with Crippen LogP contribution in [0.15, 0.2) is 24.4 Å². The first-order valence-corrected chi connectivity index (χ1v) is 6.99. The summed E-state index contributed by atoms with van der Waals surface area (Å²) < 4.78 is 64.8. The molecule has 3 rings (SSSR count). The van der Waals surface area contributed by atoms with Crippen molar-refractivity contribution in [3.05, 3.63) is 35.9 Å². The second kappa shape index (κ2) is 5.53. The number of hydrogen-bond donors (Lipinski definition) is 1. The zero-order valence-electron chi connectivity index (χ0n) is 12.4. The van der Waals surface area contributed by atoms with Crippen molar-refractivity contribution in [1.29, 1.82) is 0 Å². The highest BCUT2D eigenvalue weighted by Crippen LogP contribution is 2.39. The summed E-state index contributed by atoms with van der Waals surface area (Å²) in [6.45, 7) is 1.68. The molecule has 3 aromatic rings. The van der Waals surface area contributed by atoms with Gasteiger partial charge in [-0.1, -0.05) is 6.07 Å². The van der Waals surface area contributed by atoms with Crippen LogP contribution in [0, 0.1) is 6.92 Å². The lowest BCUT2D eigenvalue weighted by molar-refractivity contribution is -0.284. The maximum absolute atomic E-state index is 13.2. The summed E-state index contributed by atoms with van der Waals surface area (Å²) in [6.07, 6.45) is -5.85. The average Bonchev–Trinajstić information content (AvgIpc) is 3.08. The fourth-order valence-corrected chi connectivity index (χ4v) is 2.30. The van der Waals surface area contributed by atoms with Gasteiger partial charge in [0.2, 0.25) is 5.82 Å². The number of fused-ring (bicyclic) bond motifs is 1. The van der Waals surface area contributed by atoms with E-state index in [-0.39, 0.29) is 17.3 Å². The van der Waals surface area contributed by atoms with E-state index in [1.54, 1.807) is 35.7 Å². The number of hydrogen-bond acceptors (Lipinski definition) is 3. The topological polar surface area (TPSA) is 58.9 Å². The first kappa shape index (κ1) is 16.3. The zero-order chi connectivity index (χ0) is 17.5. The van der Waals surface area contributed by atoms with E-state index in [2.05, 4.69) is 20.2 Å². The van der Waals surface area contributed by atoms with Crippen molar-refractivity contribution in [2.45, 2.75) is 31.9 Å². The number of pyridine rings is 1. The van der Waals surface area contributed by atoms with Crippen molar-refractivity contribution in [2.24, 2.45) is 0 Å². The van der Waals surface area contributed by atoms with E-state index in [1.165, 1.54) is 0 Å². The number of aromatic amines is 1. The summed E-state index contributed by atoms with van der Waals surface area (Å²) in [6, 6.07) is 4.93. The van der Waals surface area contributed by atoms with Crippen molar-refractivity contribution in [3.63, 3.8) is 0 Å². The van der Waals surface area contributed by atoms with Gasteiger partial charge in [-0.3, -0.25) is 9.50 Å². The van der Waals surface area contributed by atoms with Crippen LogP contribution < -0.4 is 0 Å². The number of rotatable bonds is 4. The molecular formula is C14H12F5N5. The molecule has 0 aliphatic rings. The average molecular weight is 345 g/mol. The lowest BCUT2D eigenvalue weighted by atomic mass is 10.1. The van der Waals surface area contributed by atoms with E-state index in [1.807, 2.05) is 0 Å². The first-order valence-electron chi connectivity index (χ1n) is 6.99. The Bertz CT molecular complexity index is 864. The highest BCUT2D eigenvalue weighted by atomic mass is 19.4. The highest BCUT2D eigenvalue weighted by Gasteiger charge is 2.56. The van der Waals surface area contributed by atoms with Crippen molar-refractivity contribution in [2.75, 3.05) is 0 Å². The lowest BCUT2D eigenvalue weighted by Gasteiger charge is -2.18. The predicted molar refractivity (Wildman–Crippen MR) is 74.6 cm³/mol. The molecule has 0 fully saturated rings. The van der Waals surface area contributed by atoms with Crippen LogP contribution >= 0.6 is 0 Å². The second-order valence-electron chi connectivity index (χ2n) is 5.28. The zero-order valence-corrected chi connectivity index (χ0v) is 12.4. The quantitative estimate of drug-likeness (QED) is 0.736. The normalized spacial score (nSPS) is 12.9. The minimum absolute atomic E-state index is 0.136. The molecule has 10 heteroatoms. The van der Waals surface area contributed by atoms with Gasteiger partial charge in [0.1, 0.15) is 5.82 Å². The molecule has 1 N–H and O–H groups in total. The molecule has 0 spiro atoms. The van der Waals surface area contributed by atoms with Gasteiger partial charge in [0.25, 0.3) is 0 Å². The van der Waals surface area contributed by atoms with Gasteiger partial charge >= 0.3 is 12.1 Å². The van der Waals surface area contributed by atoms with Crippen LogP contribution in [0.1, 0.15) is 17.9 Å². The molecular weight excluding hydrogens is 333 g/mol. The molecule has 3 aromatic heterocycles. The van der Waals surface area contributed by atoms with Crippen LogP contribution in [-0.2, 0) is 6.42 Å². The molecule has 0 radical (unpaired) electrons. The summed E-state index contributed by atoms with van der Waals surface area (Å²) in [7, 11) is 0. The Balaban J connectivity index is 1.98. The smallest absolute Gasteiger partial charge is 0.297 e. The number of H-pyrrole nitrogens is 1. The van der Waals surface area contributed by atoms with Crippen LogP contribution in [0.5, 0.6) is 0 Å². The largest absolute Gasteiger partial charge is 0.453 e. The van der Waals surface area contributed by atoms with Crippen LogP contribution in [-0.4, -0.2) is 36.7 Å². The van der Waals surface area contributed by atoms with Gasteiger partial charge in [0.05, 0.1) is 11.2 Å². The lowest BCUT2D eigenvalue weighted by Crippen LogP contribution is -2.36. The Kier molecular flexibility index (Phi) is 3.77. The van der Waals surface area contributed by atoms with Gasteiger partial charge in [0, 0.05) is 12.6 Å². The van der Waals surface area contributed by atoms with E-state index in [0.717, 1.165) is 0 Å². The number of nitrogens with one attached hydrogen (secondary N) is 1. The van der Waals surface area contributed by atoms with Crippen molar-refractivity contribution < 1.29 is 22.0 Å². The number of halogens is 5. The predicted octanol–water partition coefficient (Wildman–Crippen LogP) is 3.56. The van der Waals surface area contributed by atoms with Crippen molar-refractivity contribution in [3.8, 4) is 11.6 Å². The third kappa shape index (κ3) is 2.83. The van der Waals surface area contributed by atoms with E-state index in [0.29, 0.717) is 11.3 Å². The third-order valence-corrected chi connectivity index (χ3v) is 3.51. The molecule has 0 atom stereocenters. The molecule has 0 aliphatic carbocycles. The molecule has 0 unspecified atom stereocenters. The van der Waals surface area contributed by atoms with Crippen LogP contribution in [0.2, 0.25) is 0 Å². The summed E-state index contributed by atoms with van der Waals surface area (Å²) in [4.78, 5) is 8.29. The molecule has 0 aromatic carbocycles. The Labute approximate surface area is 132 Å². The standard InChI is InChI=1S/C14H12F5N5/c1-8-20-11(23-22-8)12-21-9(10-4-2-3-7-24(10)12)5-6-13(15,16)14(17,18)19/h2-4,7H,5-6H2,1H3,(H,20,22,23).